The third-order valence-electron chi connectivity index (χ3n) is 3.95. The Morgan fingerprint density at radius 1 is 1.20 bits per heavy atom. The van der Waals surface area contributed by atoms with Crippen molar-refractivity contribution >= 4 is 21.8 Å². The number of hydrogen-bond donors (Lipinski definition) is 2. The van der Waals surface area contributed by atoms with Gasteiger partial charge in [-0.25, -0.2) is 0 Å². The van der Waals surface area contributed by atoms with Crippen LogP contribution in [-0.4, -0.2) is 24.0 Å². The van der Waals surface area contributed by atoms with Crippen LogP contribution in [0.1, 0.15) is 36.4 Å². The van der Waals surface area contributed by atoms with E-state index in [0.717, 1.165) is 15.6 Å². The van der Waals surface area contributed by atoms with Crippen LogP contribution < -0.4 is 10.6 Å². The molecule has 0 aliphatic carbocycles. The largest absolute Gasteiger partial charge is 0.358 e. The van der Waals surface area contributed by atoms with Gasteiger partial charge in [0.25, 0.3) is 0 Å². The predicted molar refractivity (Wildman–Crippen MR) is 101 cm³/mol. The molecule has 2 aromatic rings. The van der Waals surface area contributed by atoms with Crippen molar-refractivity contribution in [1.82, 2.24) is 15.6 Å². The summed E-state index contributed by atoms with van der Waals surface area (Å²) in [4.78, 5) is 16.4. The first-order chi connectivity index (χ1) is 12.2. The Bertz CT molecular complexity index is 712. The molecule has 2 rings (SSSR count). The van der Waals surface area contributed by atoms with Gasteiger partial charge in [-0.3, -0.25) is 15.1 Å². The number of hydrogen-bond acceptors (Lipinski definition) is 4. The van der Waals surface area contributed by atoms with Crippen molar-refractivity contribution in [3.8, 4) is 6.07 Å². The van der Waals surface area contributed by atoms with Crippen LogP contribution in [0.3, 0.4) is 0 Å². The highest BCUT2D eigenvalue weighted by molar-refractivity contribution is 9.10. The number of likely N-dealkylation sites (N-methyl/N-ethyl adjacent to an activating group) is 1. The summed E-state index contributed by atoms with van der Waals surface area (Å²) in [5.41, 5.74) is 2.09. The molecule has 2 atom stereocenters. The molecule has 0 saturated heterocycles. The van der Waals surface area contributed by atoms with Gasteiger partial charge >= 0.3 is 0 Å². The molecule has 130 valence electrons. The second-order valence-electron chi connectivity index (χ2n) is 5.65. The van der Waals surface area contributed by atoms with E-state index in [4.69, 9.17) is 5.26 Å². The monoisotopic (exact) mass is 400 g/mol. The molecule has 0 fully saturated rings. The number of nitrogens with zero attached hydrogens (tertiary/aromatic N) is 2. The van der Waals surface area contributed by atoms with Crippen molar-refractivity contribution in [3.05, 3.63) is 64.4 Å². The molecule has 0 bridgehead atoms. The van der Waals surface area contributed by atoms with Crippen LogP contribution in [0, 0.1) is 11.3 Å². The normalized spacial score (nSPS) is 12.8. The van der Waals surface area contributed by atoms with E-state index >= 15 is 0 Å². The average molecular weight is 401 g/mol. The van der Waals surface area contributed by atoms with E-state index in [9.17, 15) is 4.79 Å². The lowest BCUT2D eigenvalue weighted by Gasteiger charge is -2.25. The molecule has 1 amide bonds. The van der Waals surface area contributed by atoms with Crippen molar-refractivity contribution in [2.24, 2.45) is 0 Å². The van der Waals surface area contributed by atoms with Crippen LogP contribution >= 0.6 is 15.9 Å². The zero-order valence-corrected chi connectivity index (χ0v) is 15.7. The number of unbranched alkanes of at least 4 members (excludes halogenated alkanes) is 1. The van der Waals surface area contributed by atoms with Crippen molar-refractivity contribution in [3.63, 3.8) is 0 Å². The topological polar surface area (TPSA) is 77.8 Å². The smallest absolute Gasteiger partial charge is 0.236 e. The maximum Gasteiger partial charge on any atom is 0.236 e. The van der Waals surface area contributed by atoms with Crippen LogP contribution in [0.2, 0.25) is 0 Å². The third kappa shape index (κ3) is 5.66. The third-order valence-corrected chi connectivity index (χ3v) is 4.48. The second kappa shape index (κ2) is 9.92. The Kier molecular flexibility index (Phi) is 7.58. The number of carbonyl (C=O) groups excluding carboxylic acids is 1. The van der Waals surface area contributed by atoms with Crippen LogP contribution in [0.15, 0.2) is 53.3 Å². The molecule has 0 radical (unpaired) electrons. The summed E-state index contributed by atoms with van der Waals surface area (Å²) in [5, 5.41) is 14.9. The minimum Gasteiger partial charge on any atom is -0.358 e. The Morgan fingerprint density at radius 3 is 2.44 bits per heavy atom. The maximum atomic E-state index is 12.3. The summed E-state index contributed by atoms with van der Waals surface area (Å²) in [5.74, 6) is -0.0749. The fourth-order valence-corrected chi connectivity index (χ4v) is 2.91. The average Bonchev–Trinajstić information content (AvgIpc) is 2.65. The number of halogens is 1. The first-order valence-corrected chi connectivity index (χ1v) is 8.95. The molecular weight excluding hydrogens is 380 g/mol. The quantitative estimate of drug-likeness (QED) is 0.666. The number of aromatic nitrogens is 1. The molecule has 0 aliphatic heterocycles. The summed E-state index contributed by atoms with van der Waals surface area (Å²) in [6.45, 7) is 0. The van der Waals surface area contributed by atoms with E-state index in [-0.39, 0.29) is 18.0 Å². The van der Waals surface area contributed by atoms with Crippen molar-refractivity contribution < 1.29 is 4.79 Å². The lowest BCUT2D eigenvalue weighted by atomic mass is 9.97. The molecule has 5 nitrogen and oxygen atoms in total. The van der Waals surface area contributed by atoms with Crippen LogP contribution in [0.25, 0.3) is 0 Å². The molecule has 2 N–H and O–H groups in total. The molecule has 2 unspecified atom stereocenters. The summed E-state index contributed by atoms with van der Waals surface area (Å²) in [6, 6.07) is 13.5. The number of pyridine rings is 1. The molecule has 6 heteroatoms. The van der Waals surface area contributed by atoms with E-state index in [1.165, 1.54) is 0 Å². The Hall–Kier alpha value is -2.23. The van der Waals surface area contributed by atoms with Gasteiger partial charge in [0, 0.05) is 30.3 Å². The van der Waals surface area contributed by atoms with Gasteiger partial charge < -0.3 is 5.32 Å². The van der Waals surface area contributed by atoms with Crippen molar-refractivity contribution in [1.29, 1.82) is 5.26 Å². The van der Waals surface area contributed by atoms with E-state index < -0.39 is 0 Å². The lowest BCUT2D eigenvalue weighted by Crippen LogP contribution is -2.44. The van der Waals surface area contributed by atoms with E-state index in [1.54, 1.807) is 19.4 Å². The summed E-state index contributed by atoms with van der Waals surface area (Å²) in [6.07, 6.45) is 5.20. The Labute approximate surface area is 156 Å². The molecule has 1 aromatic carbocycles. The first kappa shape index (κ1) is 19.1. The van der Waals surface area contributed by atoms with Crippen LogP contribution in [-0.2, 0) is 4.79 Å². The van der Waals surface area contributed by atoms with E-state index in [0.29, 0.717) is 19.3 Å². The number of rotatable bonds is 8. The highest BCUT2D eigenvalue weighted by Gasteiger charge is 2.23. The molecule has 0 aliphatic rings. The minimum absolute atomic E-state index is 0.0749. The number of benzene rings is 1. The fourth-order valence-electron chi connectivity index (χ4n) is 2.65. The molecule has 1 heterocycles. The standard InChI is InChI=1S/C19H21BrN4O/c1-22-19(25)17(4-2-3-11-21)24-18(15-9-12-23-13-10-15)14-5-7-16(20)8-6-14/h5-10,12-13,17-18,24H,2-4H2,1H3,(H,22,25). The van der Waals surface area contributed by atoms with Gasteiger partial charge in [-0.1, -0.05) is 28.1 Å². The van der Waals surface area contributed by atoms with E-state index in [1.807, 2.05) is 36.4 Å². The number of carbonyl (C=O) groups is 1. The lowest BCUT2D eigenvalue weighted by molar-refractivity contribution is -0.123. The molecule has 1 aromatic heterocycles. The van der Waals surface area contributed by atoms with Crippen molar-refractivity contribution in [2.45, 2.75) is 31.3 Å². The number of nitriles is 1. The summed E-state index contributed by atoms with van der Waals surface area (Å²) in [7, 11) is 1.63. The van der Waals surface area contributed by atoms with Crippen LogP contribution in [0.4, 0.5) is 0 Å². The van der Waals surface area contributed by atoms with Gasteiger partial charge in [-0.15, -0.1) is 0 Å². The van der Waals surface area contributed by atoms with Gasteiger partial charge in [-0.05, 0) is 48.2 Å². The molecule has 0 saturated carbocycles. The Morgan fingerprint density at radius 2 is 1.84 bits per heavy atom. The number of nitrogens with one attached hydrogen (secondary N) is 2. The zero-order chi connectivity index (χ0) is 18.1. The van der Waals surface area contributed by atoms with E-state index in [2.05, 4.69) is 37.6 Å². The summed E-state index contributed by atoms with van der Waals surface area (Å²) < 4.78 is 1.00. The first-order valence-electron chi connectivity index (χ1n) is 8.15. The molecular formula is C19H21BrN4O. The molecule has 25 heavy (non-hydrogen) atoms. The van der Waals surface area contributed by atoms with Gasteiger partial charge in [0.2, 0.25) is 5.91 Å². The second-order valence-corrected chi connectivity index (χ2v) is 6.56. The maximum absolute atomic E-state index is 12.3. The summed E-state index contributed by atoms with van der Waals surface area (Å²) >= 11 is 3.45. The van der Waals surface area contributed by atoms with Gasteiger partial charge in [0.1, 0.15) is 0 Å². The van der Waals surface area contributed by atoms with Gasteiger partial charge in [0.05, 0.1) is 18.2 Å². The fraction of sp³-hybridized carbons (Fsp3) is 0.316. The highest BCUT2D eigenvalue weighted by Crippen LogP contribution is 2.24. The SMILES string of the molecule is CNC(=O)C(CCCC#N)NC(c1ccncc1)c1ccc(Br)cc1. The number of amides is 1. The van der Waals surface area contributed by atoms with Crippen LogP contribution in [0.5, 0.6) is 0 Å². The van der Waals surface area contributed by atoms with Crippen molar-refractivity contribution in [2.75, 3.05) is 7.05 Å². The Balaban J connectivity index is 2.28. The minimum atomic E-state index is -0.375. The molecule has 0 spiro atoms. The van der Waals surface area contributed by atoms with Gasteiger partial charge in [-0.2, -0.15) is 5.26 Å². The zero-order valence-electron chi connectivity index (χ0n) is 14.1. The van der Waals surface area contributed by atoms with Gasteiger partial charge in [0.15, 0.2) is 0 Å². The highest BCUT2D eigenvalue weighted by atomic mass is 79.9. The predicted octanol–water partition coefficient (Wildman–Crippen LogP) is 3.33.